The molecule has 6 aromatic heterocycles. The summed E-state index contributed by atoms with van der Waals surface area (Å²) < 4.78 is 6.95. The molecule has 9 heteroatoms. The largest absolute Gasteiger partial charge is 0.309 e. The van der Waals surface area contributed by atoms with E-state index in [1.165, 1.54) is 86.7 Å². The first-order valence-electron chi connectivity index (χ1n) is 37.5. The third kappa shape index (κ3) is 11.3. The third-order valence-electron chi connectivity index (χ3n) is 21.5. The zero-order valence-corrected chi connectivity index (χ0v) is 60.1. The summed E-state index contributed by atoms with van der Waals surface area (Å²) in [7, 11) is 0. The van der Waals surface area contributed by atoms with Crippen molar-refractivity contribution >= 4 is 130 Å². The van der Waals surface area contributed by atoms with E-state index in [0.717, 1.165) is 112 Å². The first kappa shape index (κ1) is 64.3. The van der Waals surface area contributed by atoms with Gasteiger partial charge in [-0.25, -0.2) is 29.9 Å². The smallest absolute Gasteiger partial charge is 0.235 e. The molecular formula is C102H65N9. The second kappa shape index (κ2) is 27.1. The number of hydrogen-bond acceptors (Lipinski definition) is 6. The summed E-state index contributed by atoms with van der Waals surface area (Å²) in [5.41, 5.74) is 20.2. The van der Waals surface area contributed by atoms with Crippen molar-refractivity contribution in [2.24, 2.45) is 0 Å². The van der Waals surface area contributed by atoms with Crippen LogP contribution in [0.1, 0.15) is 0 Å². The lowest BCUT2D eigenvalue weighted by atomic mass is 10.1. The maximum atomic E-state index is 5.15. The van der Waals surface area contributed by atoms with Gasteiger partial charge in [0.15, 0.2) is 11.6 Å². The van der Waals surface area contributed by atoms with E-state index in [2.05, 4.69) is 353 Å². The maximum absolute atomic E-state index is 5.15. The van der Waals surface area contributed by atoms with Crippen LogP contribution in [0, 0.1) is 0 Å². The summed E-state index contributed by atoms with van der Waals surface area (Å²) in [5, 5.41) is 18.0. The van der Waals surface area contributed by atoms with Crippen LogP contribution < -0.4 is 0 Å². The molecule has 0 amide bonds. The van der Waals surface area contributed by atoms with Gasteiger partial charge < -0.3 is 9.13 Å². The van der Waals surface area contributed by atoms with Gasteiger partial charge in [0.2, 0.25) is 5.95 Å². The van der Waals surface area contributed by atoms with Crippen molar-refractivity contribution < 1.29 is 0 Å². The summed E-state index contributed by atoms with van der Waals surface area (Å²) >= 11 is 0. The predicted molar refractivity (Wildman–Crippen MR) is 461 cm³/mol. The molecule has 0 aliphatic rings. The van der Waals surface area contributed by atoms with E-state index in [-0.39, 0.29) is 0 Å². The molecule has 0 aliphatic heterocycles. The van der Waals surface area contributed by atoms with Crippen molar-refractivity contribution in [1.29, 1.82) is 0 Å². The number of benzene rings is 17. The molecule has 0 unspecified atom stereocenters. The first-order valence-corrected chi connectivity index (χ1v) is 37.5. The quantitative estimate of drug-likeness (QED) is 0.150. The highest BCUT2D eigenvalue weighted by molar-refractivity contribution is 6.19. The molecule has 0 saturated heterocycles. The Bertz CT molecular complexity index is 7540. The number of hydrogen-bond donors (Lipinski definition) is 0. The fourth-order valence-electron chi connectivity index (χ4n) is 16.3. The van der Waals surface area contributed by atoms with Gasteiger partial charge in [-0.05, 0) is 136 Å². The summed E-state index contributed by atoms with van der Waals surface area (Å²) in [6.07, 6.45) is 0. The molecule has 23 rings (SSSR count). The van der Waals surface area contributed by atoms with Crippen LogP contribution in [0.2, 0.25) is 0 Å². The first-order chi connectivity index (χ1) is 55.0. The topological polar surface area (TPSA) is 92.1 Å². The van der Waals surface area contributed by atoms with Crippen LogP contribution in [0.3, 0.4) is 0 Å². The van der Waals surface area contributed by atoms with Gasteiger partial charge in [0, 0.05) is 93.1 Å². The molecule has 0 N–H and O–H groups in total. The van der Waals surface area contributed by atoms with E-state index in [9.17, 15) is 0 Å². The highest BCUT2D eigenvalue weighted by Crippen LogP contribution is 2.41. The minimum absolute atomic E-state index is 0.689. The Morgan fingerprint density at radius 1 is 0.171 bits per heavy atom. The molecule has 9 nitrogen and oxygen atoms in total. The molecule has 6 heterocycles. The normalized spacial score (nSPS) is 11.6. The van der Waals surface area contributed by atoms with Crippen molar-refractivity contribution in [2.75, 3.05) is 0 Å². The fraction of sp³-hybridized carbons (Fsp3) is 0. The van der Waals surface area contributed by atoms with Gasteiger partial charge in [-0.1, -0.05) is 285 Å². The van der Waals surface area contributed by atoms with Crippen molar-refractivity contribution in [3.8, 4) is 73.9 Å². The van der Waals surface area contributed by atoms with Gasteiger partial charge in [-0.15, -0.1) is 0 Å². The Morgan fingerprint density at radius 3 is 0.973 bits per heavy atom. The van der Waals surface area contributed by atoms with Gasteiger partial charge in [-0.3, -0.25) is 4.57 Å². The van der Waals surface area contributed by atoms with E-state index in [1.54, 1.807) is 0 Å². The Hall–Kier alpha value is -15.1. The number of para-hydroxylation sites is 6. The van der Waals surface area contributed by atoms with Crippen LogP contribution in [-0.4, -0.2) is 43.6 Å². The predicted octanol–water partition coefficient (Wildman–Crippen LogP) is 26.0. The lowest BCUT2D eigenvalue weighted by Crippen LogP contribution is -2.03. The second-order valence-electron chi connectivity index (χ2n) is 28.1. The lowest BCUT2D eigenvalue weighted by Gasteiger charge is -2.12. The Balaban J connectivity index is 0.000000106. The van der Waals surface area contributed by atoms with Crippen LogP contribution in [0.5, 0.6) is 0 Å². The van der Waals surface area contributed by atoms with Crippen LogP contribution in [0.25, 0.3) is 204 Å². The minimum Gasteiger partial charge on any atom is -0.309 e. The molecule has 0 atom stereocenters. The van der Waals surface area contributed by atoms with Crippen molar-refractivity contribution in [2.45, 2.75) is 0 Å². The highest BCUT2D eigenvalue weighted by atomic mass is 15.2. The van der Waals surface area contributed by atoms with Gasteiger partial charge in [0.25, 0.3) is 0 Å². The van der Waals surface area contributed by atoms with Gasteiger partial charge >= 0.3 is 0 Å². The van der Waals surface area contributed by atoms with Crippen molar-refractivity contribution in [1.82, 2.24) is 43.6 Å². The molecule has 17 aromatic carbocycles. The molecular weight excluding hydrogens is 1350 g/mol. The average molecular weight is 1420 g/mol. The zero-order chi connectivity index (χ0) is 73.3. The van der Waals surface area contributed by atoms with Crippen LogP contribution in [-0.2, 0) is 0 Å². The monoisotopic (exact) mass is 1420 g/mol. The van der Waals surface area contributed by atoms with E-state index >= 15 is 0 Å². The van der Waals surface area contributed by atoms with Gasteiger partial charge in [0.05, 0.1) is 66.7 Å². The van der Waals surface area contributed by atoms with Crippen LogP contribution >= 0.6 is 0 Å². The average Bonchev–Trinajstić information content (AvgIpc) is 1.60. The molecule has 0 radical (unpaired) electrons. The van der Waals surface area contributed by atoms with E-state index < -0.39 is 0 Å². The Morgan fingerprint density at radius 2 is 0.505 bits per heavy atom. The summed E-state index contributed by atoms with van der Waals surface area (Å²) in [4.78, 5) is 30.2. The third-order valence-corrected chi connectivity index (χ3v) is 21.5. The molecule has 0 bridgehead atoms. The zero-order valence-electron chi connectivity index (χ0n) is 60.1. The maximum Gasteiger partial charge on any atom is 0.235 e. The van der Waals surface area contributed by atoms with Gasteiger partial charge in [-0.2, -0.15) is 0 Å². The fourth-order valence-corrected chi connectivity index (χ4v) is 16.3. The number of rotatable bonds is 8. The Labute approximate surface area is 638 Å². The minimum atomic E-state index is 0.689. The van der Waals surface area contributed by atoms with E-state index in [1.807, 2.05) is 54.6 Å². The molecule has 111 heavy (non-hydrogen) atoms. The lowest BCUT2D eigenvalue weighted by molar-refractivity contribution is 1.01. The highest BCUT2D eigenvalue weighted by Gasteiger charge is 2.22. The number of fused-ring (bicyclic) bond motifs is 16. The number of aromatic nitrogens is 9. The molecule has 0 fully saturated rings. The van der Waals surface area contributed by atoms with Gasteiger partial charge in [0.1, 0.15) is 0 Å². The summed E-state index contributed by atoms with van der Waals surface area (Å²) in [6, 6.07) is 138. The van der Waals surface area contributed by atoms with E-state index in [4.69, 9.17) is 29.9 Å². The molecule has 0 spiro atoms. The van der Waals surface area contributed by atoms with E-state index in [0.29, 0.717) is 5.95 Å². The summed E-state index contributed by atoms with van der Waals surface area (Å²) in [6.45, 7) is 0. The molecule has 0 saturated carbocycles. The van der Waals surface area contributed by atoms with Crippen LogP contribution in [0.4, 0.5) is 0 Å². The number of nitrogens with zero attached hydrogens (tertiary/aromatic N) is 9. The standard InChI is InChI=1S/2C36H23N3.C30H19N3/c1-2-11-25(12-3-1)34-31-15-6-8-16-32(31)37-36(38-34)26-18-21-27(22-19-26)39-33-17-9-7-14-29(33)30-23-20-24-10-4-5-13-28(24)35(30)39;1-2-10-24(11-3-1)35-30-15-6-8-16-32(30)37-36(38-35)25-18-20-28(21-19-25)39-33-17-9-7-14-29(33)31-22-26-12-4-5-13-27(26)23-34(31)39;1-2-10-20(11-3-1)29-24-15-6-8-16-26(24)31-30(32-29)33-27-17-9-7-14-23(27)25-18-21-12-4-5-13-22(21)19-28(25)33/h2*1-23H;1-19H. The molecule has 0 aliphatic carbocycles. The van der Waals surface area contributed by atoms with Crippen molar-refractivity contribution in [3.05, 3.63) is 394 Å². The van der Waals surface area contributed by atoms with Crippen LogP contribution in [0.15, 0.2) is 394 Å². The second-order valence-corrected chi connectivity index (χ2v) is 28.1. The molecule has 23 aromatic rings. The molecule has 518 valence electrons. The SMILES string of the molecule is c1ccc(-c2nc(-c3ccc(-n4c5ccccc5c5cc6ccccc6cc54)cc3)nc3ccccc23)cc1.c1ccc(-c2nc(-c3ccc(-n4c5ccccc5c5ccc6ccccc6c54)cc3)nc3ccccc23)cc1.c1ccc(-c2nc(-n3c4ccccc4c4cc5ccccc5cc43)nc3ccccc23)cc1. The summed E-state index contributed by atoms with van der Waals surface area (Å²) in [5.74, 6) is 2.15. The Kier molecular flexibility index (Phi) is 15.7. The van der Waals surface area contributed by atoms with Crippen molar-refractivity contribution in [3.63, 3.8) is 0 Å².